The lowest BCUT2D eigenvalue weighted by Gasteiger charge is -2.06. The highest BCUT2D eigenvalue weighted by Gasteiger charge is 2.24. The smallest absolute Gasteiger partial charge is 0.290 e. The maximum absolute atomic E-state index is 8.36. The molecule has 3 rings (SSSR count). The Morgan fingerprint density at radius 3 is 2.58 bits per heavy atom. The zero-order valence-electron chi connectivity index (χ0n) is 14.8. The molecule has 0 unspecified atom stereocenters. The van der Waals surface area contributed by atoms with Crippen molar-refractivity contribution in [3.63, 3.8) is 0 Å². The minimum atomic E-state index is -0.250. The zero-order chi connectivity index (χ0) is 17.5. The second kappa shape index (κ2) is 8.61. The first-order valence-electron chi connectivity index (χ1n) is 8.63. The number of carbonyl (C=O) groups is 1. The van der Waals surface area contributed by atoms with Crippen molar-refractivity contribution in [3.05, 3.63) is 17.8 Å². The lowest BCUT2D eigenvalue weighted by atomic mass is 10.1. The SMILES string of the molecule is CCCCn1nc(C2CCCC2)nc1-c1c(C)ncn1C.O=CO. The summed E-state index contributed by atoms with van der Waals surface area (Å²) in [6.07, 6.45) is 9.27. The van der Waals surface area contributed by atoms with E-state index < -0.39 is 0 Å². The maximum atomic E-state index is 8.36. The van der Waals surface area contributed by atoms with Gasteiger partial charge in [0.2, 0.25) is 0 Å². The Kier molecular flexibility index (Phi) is 6.52. The number of unbranched alkanes of at least 4 members (excludes halogenated alkanes) is 1. The van der Waals surface area contributed by atoms with E-state index in [4.69, 9.17) is 20.0 Å². The van der Waals surface area contributed by atoms with Crippen molar-refractivity contribution in [2.75, 3.05) is 0 Å². The molecule has 0 atom stereocenters. The van der Waals surface area contributed by atoms with E-state index in [1.54, 1.807) is 0 Å². The average molecular weight is 333 g/mol. The first kappa shape index (κ1) is 18.2. The van der Waals surface area contributed by atoms with Crippen LogP contribution >= 0.6 is 0 Å². The van der Waals surface area contributed by atoms with Gasteiger partial charge in [0.1, 0.15) is 5.69 Å². The molecule has 2 aromatic heterocycles. The maximum Gasteiger partial charge on any atom is 0.290 e. The van der Waals surface area contributed by atoms with Crippen LogP contribution < -0.4 is 0 Å². The van der Waals surface area contributed by atoms with Crippen molar-refractivity contribution in [1.82, 2.24) is 24.3 Å². The molecule has 0 radical (unpaired) electrons. The van der Waals surface area contributed by atoms with Crippen LogP contribution in [0.4, 0.5) is 0 Å². The summed E-state index contributed by atoms with van der Waals surface area (Å²) >= 11 is 0. The summed E-state index contributed by atoms with van der Waals surface area (Å²) in [5.74, 6) is 2.59. The molecule has 0 saturated heterocycles. The molecule has 0 amide bonds. The highest BCUT2D eigenvalue weighted by molar-refractivity contribution is 5.53. The highest BCUT2D eigenvalue weighted by atomic mass is 16.3. The van der Waals surface area contributed by atoms with Crippen molar-refractivity contribution >= 4 is 6.47 Å². The van der Waals surface area contributed by atoms with Crippen LogP contribution in [0.25, 0.3) is 11.5 Å². The van der Waals surface area contributed by atoms with Crippen molar-refractivity contribution < 1.29 is 9.90 Å². The molecule has 0 spiro atoms. The van der Waals surface area contributed by atoms with Gasteiger partial charge in [0.05, 0.1) is 12.0 Å². The molecule has 0 bridgehead atoms. The van der Waals surface area contributed by atoms with Crippen LogP contribution in [0.3, 0.4) is 0 Å². The Morgan fingerprint density at radius 2 is 2.04 bits per heavy atom. The van der Waals surface area contributed by atoms with E-state index in [2.05, 4.69) is 21.2 Å². The fraction of sp³-hybridized carbons (Fsp3) is 0.647. The van der Waals surface area contributed by atoms with Crippen LogP contribution in [0.15, 0.2) is 6.33 Å². The molecule has 7 nitrogen and oxygen atoms in total. The number of aryl methyl sites for hydroxylation is 3. The summed E-state index contributed by atoms with van der Waals surface area (Å²) < 4.78 is 4.15. The van der Waals surface area contributed by atoms with Gasteiger partial charge < -0.3 is 9.67 Å². The summed E-state index contributed by atoms with van der Waals surface area (Å²) in [5, 5.41) is 11.7. The van der Waals surface area contributed by atoms with Gasteiger partial charge in [-0.15, -0.1) is 0 Å². The zero-order valence-corrected chi connectivity index (χ0v) is 14.8. The van der Waals surface area contributed by atoms with Gasteiger partial charge in [-0.1, -0.05) is 26.2 Å². The third-order valence-electron chi connectivity index (χ3n) is 4.46. The first-order valence-corrected chi connectivity index (χ1v) is 8.63. The van der Waals surface area contributed by atoms with Gasteiger partial charge >= 0.3 is 0 Å². The van der Waals surface area contributed by atoms with E-state index >= 15 is 0 Å². The van der Waals surface area contributed by atoms with Gasteiger partial charge in [0, 0.05) is 19.5 Å². The molecule has 2 aromatic rings. The predicted molar refractivity (Wildman–Crippen MR) is 91.8 cm³/mol. The molecule has 1 N–H and O–H groups in total. The van der Waals surface area contributed by atoms with Crippen LogP contribution in [-0.4, -0.2) is 35.9 Å². The fourth-order valence-corrected chi connectivity index (χ4v) is 3.22. The molecular weight excluding hydrogens is 306 g/mol. The third kappa shape index (κ3) is 4.01. The Balaban J connectivity index is 0.000000647. The predicted octanol–water partition coefficient (Wildman–Crippen LogP) is 3.15. The topological polar surface area (TPSA) is 85.8 Å². The number of hydrogen-bond donors (Lipinski definition) is 1. The molecule has 0 aromatic carbocycles. The van der Waals surface area contributed by atoms with Gasteiger partial charge in [0.15, 0.2) is 11.6 Å². The summed E-state index contributed by atoms with van der Waals surface area (Å²) in [7, 11) is 2.03. The molecule has 24 heavy (non-hydrogen) atoms. The van der Waals surface area contributed by atoms with E-state index in [1.807, 2.05) is 20.3 Å². The van der Waals surface area contributed by atoms with Crippen molar-refractivity contribution in [1.29, 1.82) is 0 Å². The Morgan fingerprint density at radius 1 is 1.38 bits per heavy atom. The number of carboxylic acid groups (broad SMARTS) is 1. The summed E-state index contributed by atoms with van der Waals surface area (Å²) in [4.78, 5) is 17.7. The normalized spacial score (nSPS) is 14.5. The molecule has 1 aliphatic rings. The van der Waals surface area contributed by atoms with E-state index in [0.29, 0.717) is 5.92 Å². The lowest BCUT2D eigenvalue weighted by Crippen LogP contribution is -2.06. The van der Waals surface area contributed by atoms with Gasteiger partial charge in [-0.2, -0.15) is 5.10 Å². The number of imidazole rings is 1. The fourth-order valence-electron chi connectivity index (χ4n) is 3.22. The van der Waals surface area contributed by atoms with Crippen molar-refractivity contribution in [2.45, 2.75) is 64.8 Å². The van der Waals surface area contributed by atoms with Gasteiger partial charge in [-0.25, -0.2) is 14.6 Å². The summed E-state index contributed by atoms with van der Waals surface area (Å²) in [6.45, 7) is 4.95. The Labute approximate surface area is 142 Å². The van der Waals surface area contributed by atoms with Crippen LogP contribution in [-0.2, 0) is 18.4 Å². The molecule has 1 fully saturated rings. The summed E-state index contributed by atoms with van der Waals surface area (Å²) in [5.41, 5.74) is 2.13. The standard InChI is InChI=1S/C16H25N5.CH2O2/c1-4-5-10-21-16(14-12(2)17-11-20(14)3)18-15(19-21)13-8-6-7-9-13;2-1-3/h11,13H,4-10H2,1-3H3;1H,(H,2,3). The van der Waals surface area contributed by atoms with Crippen molar-refractivity contribution in [2.24, 2.45) is 7.05 Å². The molecule has 1 saturated carbocycles. The lowest BCUT2D eigenvalue weighted by molar-refractivity contribution is -0.122. The molecule has 1 aliphatic carbocycles. The monoisotopic (exact) mass is 333 g/mol. The first-order chi connectivity index (χ1) is 11.6. The van der Waals surface area contributed by atoms with Crippen LogP contribution in [0.2, 0.25) is 0 Å². The Hall–Kier alpha value is -2.18. The minimum absolute atomic E-state index is 0.250. The van der Waals surface area contributed by atoms with Gasteiger partial charge in [-0.05, 0) is 26.2 Å². The average Bonchev–Trinajstić information content (AvgIpc) is 3.27. The largest absolute Gasteiger partial charge is 0.483 e. The van der Waals surface area contributed by atoms with E-state index in [-0.39, 0.29) is 6.47 Å². The molecule has 132 valence electrons. The quantitative estimate of drug-likeness (QED) is 0.850. The van der Waals surface area contributed by atoms with Crippen molar-refractivity contribution in [3.8, 4) is 11.5 Å². The van der Waals surface area contributed by atoms with E-state index in [9.17, 15) is 0 Å². The molecule has 2 heterocycles. The molecular formula is C17H27N5O2. The molecule has 7 heteroatoms. The highest BCUT2D eigenvalue weighted by Crippen LogP contribution is 2.33. The number of rotatable bonds is 5. The van der Waals surface area contributed by atoms with E-state index in [1.165, 1.54) is 32.1 Å². The summed E-state index contributed by atoms with van der Waals surface area (Å²) in [6, 6.07) is 0. The number of nitrogens with zero attached hydrogens (tertiary/aromatic N) is 5. The van der Waals surface area contributed by atoms with Crippen LogP contribution in [0, 0.1) is 6.92 Å². The second-order valence-electron chi connectivity index (χ2n) is 6.25. The third-order valence-corrected chi connectivity index (χ3v) is 4.46. The van der Waals surface area contributed by atoms with Gasteiger partial charge in [0.25, 0.3) is 6.47 Å². The van der Waals surface area contributed by atoms with E-state index in [0.717, 1.165) is 36.0 Å². The van der Waals surface area contributed by atoms with Crippen LogP contribution in [0.1, 0.15) is 62.9 Å². The Bertz CT molecular complexity index is 636. The number of hydrogen-bond acceptors (Lipinski definition) is 4. The van der Waals surface area contributed by atoms with Gasteiger partial charge in [-0.3, -0.25) is 4.79 Å². The molecule has 0 aliphatic heterocycles. The second-order valence-corrected chi connectivity index (χ2v) is 6.25. The number of aromatic nitrogens is 5. The van der Waals surface area contributed by atoms with Crippen LogP contribution in [0.5, 0.6) is 0 Å². The minimum Gasteiger partial charge on any atom is -0.483 e.